The van der Waals surface area contributed by atoms with Crippen molar-refractivity contribution in [3.05, 3.63) is 47.9 Å². The second-order valence-electron chi connectivity index (χ2n) is 4.97. The maximum absolute atomic E-state index is 4.49. The first-order chi connectivity index (χ1) is 9.74. The Balaban J connectivity index is 2.12. The molecule has 0 aliphatic carbocycles. The summed E-state index contributed by atoms with van der Waals surface area (Å²) < 4.78 is 1.83. The molecule has 0 spiro atoms. The fourth-order valence-corrected chi connectivity index (χ4v) is 2.66. The smallest absolute Gasteiger partial charge is 0.200 e. The minimum Gasteiger partial charge on any atom is -0.351 e. The van der Waals surface area contributed by atoms with Gasteiger partial charge in [-0.3, -0.25) is 0 Å². The fourth-order valence-electron chi connectivity index (χ4n) is 2.66. The van der Waals surface area contributed by atoms with Crippen molar-refractivity contribution in [2.75, 3.05) is 0 Å². The summed E-state index contributed by atoms with van der Waals surface area (Å²) in [7, 11) is 0. The Morgan fingerprint density at radius 3 is 2.75 bits per heavy atom. The standard InChI is InChI=1S/C15H13N5/c1-9-7-10(2)20(19-9)15-14-12(8-16-18-15)11-5-3-4-6-13(11)17-14/h3-8,17H,1-2H3. The van der Waals surface area contributed by atoms with Crippen LogP contribution in [-0.2, 0) is 0 Å². The average Bonchev–Trinajstić information content (AvgIpc) is 2.98. The average molecular weight is 263 g/mol. The van der Waals surface area contributed by atoms with Crippen LogP contribution in [0.3, 0.4) is 0 Å². The van der Waals surface area contributed by atoms with Crippen LogP contribution >= 0.6 is 0 Å². The van der Waals surface area contributed by atoms with Crippen LogP contribution in [0, 0.1) is 13.8 Å². The Kier molecular flexibility index (Phi) is 2.18. The molecule has 1 aromatic carbocycles. The molecule has 0 saturated heterocycles. The van der Waals surface area contributed by atoms with Crippen molar-refractivity contribution in [1.82, 2.24) is 25.0 Å². The molecular formula is C15H13N5. The maximum Gasteiger partial charge on any atom is 0.200 e. The van der Waals surface area contributed by atoms with Crippen LogP contribution in [0.2, 0.25) is 0 Å². The molecule has 0 radical (unpaired) electrons. The van der Waals surface area contributed by atoms with Crippen molar-refractivity contribution in [2.24, 2.45) is 0 Å². The molecule has 0 atom stereocenters. The topological polar surface area (TPSA) is 59.4 Å². The van der Waals surface area contributed by atoms with E-state index < -0.39 is 0 Å². The van der Waals surface area contributed by atoms with Gasteiger partial charge < -0.3 is 4.98 Å². The molecule has 5 heteroatoms. The number of hydrogen-bond acceptors (Lipinski definition) is 3. The molecule has 0 aliphatic rings. The van der Waals surface area contributed by atoms with Crippen LogP contribution in [0.1, 0.15) is 11.4 Å². The summed E-state index contributed by atoms with van der Waals surface area (Å²) in [6.07, 6.45) is 1.79. The van der Waals surface area contributed by atoms with Crippen LogP contribution in [0.5, 0.6) is 0 Å². The Morgan fingerprint density at radius 2 is 1.95 bits per heavy atom. The molecular weight excluding hydrogens is 250 g/mol. The van der Waals surface area contributed by atoms with E-state index in [0.717, 1.165) is 39.0 Å². The molecule has 98 valence electrons. The largest absolute Gasteiger partial charge is 0.351 e. The summed E-state index contributed by atoms with van der Waals surface area (Å²) in [6, 6.07) is 10.2. The van der Waals surface area contributed by atoms with E-state index in [0.29, 0.717) is 0 Å². The first-order valence-corrected chi connectivity index (χ1v) is 6.50. The van der Waals surface area contributed by atoms with Crippen molar-refractivity contribution < 1.29 is 0 Å². The number of H-pyrrole nitrogens is 1. The van der Waals surface area contributed by atoms with E-state index in [4.69, 9.17) is 0 Å². The SMILES string of the molecule is Cc1cc(C)n(-c2nncc3c2[nH]c2ccccc23)n1. The van der Waals surface area contributed by atoms with E-state index in [1.165, 1.54) is 0 Å². The monoisotopic (exact) mass is 263 g/mol. The van der Waals surface area contributed by atoms with Crippen molar-refractivity contribution in [2.45, 2.75) is 13.8 Å². The molecule has 0 saturated carbocycles. The fraction of sp³-hybridized carbons (Fsp3) is 0.133. The zero-order valence-electron chi connectivity index (χ0n) is 11.3. The number of hydrogen-bond donors (Lipinski definition) is 1. The van der Waals surface area contributed by atoms with Gasteiger partial charge in [0.25, 0.3) is 0 Å². The van der Waals surface area contributed by atoms with E-state index in [2.05, 4.69) is 32.4 Å². The first kappa shape index (κ1) is 11.2. The minimum absolute atomic E-state index is 0.740. The van der Waals surface area contributed by atoms with Crippen LogP contribution < -0.4 is 0 Å². The Hall–Kier alpha value is -2.69. The number of fused-ring (bicyclic) bond motifs is 3. The van der Waals surface area contributed by atoms with Gasteiger partial charge in [-0.1, -0.05) is 18.2 Å². The van der Waals surface area contributed by atoms with Gasteiger partial charge in [-0.2, -0.15) is 10.2 Å². The zero-order chi connectivity index (χ0) is 13.7. The Morgan fingerprint density at radius 1 is 1.10 bits per heavy atom. The number of benzene rings is 1. The van der Waals surface area contributed by atoms with Crippen molar-refractivity contribution in [3.63, 3.8) is 0 Å². The lowest BCUT2D eigenvalue weighted by Crippen LogP contribution is -2.04. The normalized spacial score (nSPS) is 11.5. The highest BCUT2D eigenvalue weighted by molar-refractivity contribution is 6.08. The van der Waals surface area contributed by atoms with Gasteiger partial charge in [0.05, 0.1) is 17.4 Å². The van der Waals surface area contributed by atoms with Gasteiger partial charge >= 0.3 is 0 Å². The highest BCUT2D eigenvalue weighted by atomic mass is 15.3. The zero-order valence-corrected chi connectivity index (χ0v) is 11.3. The van der Waals surface area contributed by atoms with Crippen molar-refractivity contribution >= 4 is 21.8 Å². The summed E-state index contributed by atoms with van der Waals surface area (Å²) in [5.74, 6) is 0.740. The predicted octanol–water partition coefficient (Wildman–Crippen LogP) is 2.91. The third-order valence-corrected chi connectivity index (χ3v) is 3.52. The predicted molar refractivity (Wildman–Crippen MR) is 78.0 cm³/mol. The molecule has 3 aromatic heterocycles. The molecule has 5 nitrogen and oxygen atoms in total. The number of aryl methyl sites for hydroxylation is 2. The maximum atomic E-state index is 4.49. The summed E-state index contributed by atoms with van der Waals surface area (Å²) in [5.41, 5.74) is 4.06. The van der Waals surface area contributed by atoms with Gasteiger partial charge in [-0.05, 0) is 26.0 Å². The third kappa shape index (κ3) is 1.46. The van der Waals surface area contributed by atoms with Gasteiger partial charge in [0.15, 0.2) is 5.82 Å². The van der Waals surface area contributed by atoms with Crippen LogP contribution in [-0.4, -0.2) is 25.0 Å². The third-order valence-electron chi connectivity index (χ3n) is 3.52. The highest BCUT2D eigenvalue weighted by Gasteiger charge is 2.13. The highest BCUT2D eigenvalue weighted by Crippen LogP contribution is 2.27. The van der Waals surface area contributed by atoms with Gasteiger partial charge in [0, 0.05) is 22.0 Å². The molecule has 1 N–H and O–H groups in total. The molecule has 4 aromatic rings. The number of nitrogens with one attached hydrogen (secondary N) is 1. The number of para-hydroxylation sites is 1. The number of aromatic amines is 1. The van der Waals surface area contributed by atoms with E-state index in [-0.39, 0.29) is 0 Å². The first-order valence-electron chi connectivity index (χ1n) is 6.50. The summed E-state index contributed by atoms with van der Waals surface area (Å²) in [6.45, 7) is 3.99. The van der Waals surface area contributed by atoms with Crippen molar-refractivity contribution in [1.29, 1.82) is 0 Å². The minimum atomic E-state index is 0.740. The number of rotatable bonds is 1. The van der Waals surface area contributed by atoms with E-state index in [1.54, 1.807) is 6.20 Å². The summed E-state index contributed by atoms with van der Waals surface area (Å²) in [4.78, 5) is 3.42. The second kappa shape index (κ2) is 3.90. The molecule has 4 rings (SSSR count). The summed E-state index contributed by atoms with van der Waals surface area (Å²) in [5, 5.41) is 15.1. The Labute approximate surface area is 115 Å². The molecule has 0 unspecified atom stereocenters. The lowest BCUT2D eigenvalue weighted by atomic mass is 10.2. The van der Waals surface area contributed by atoms with E-state index in [9.17, 15) is 0 Å². The van der Waals surface area contributed by atoms with Crippen LogP contribution in [0.15, 0.2) is 36.5 Å². The quantitative estimate of drug-likeness (QED) is 0.574. The molecule has 3 heterocycles. The van der Waals surface area contributed by atoms with E-state index >= 15 is 0 Å². The lowest BCUT2D eigenvalue weighted by Gasteiger charge is -2.03. The van der Waals surface area contributed by atoms with Gasteiger partial charge in [-0.15, -0.1) is 5.10 Å². The molecule has 0 fully saturated rings. The summed E-state index contributed by atoms with van der Waals surface area (Å²) >= 11 is 0. The molecule has 0 bridgehead atoms. The van der Waals surface area contributed by atoms with Gasteiger partial charge in [0.2, 0.25) is 0 Å². The Bertz CT molecular complexity index is 932. The number of aromatic nitrogens is 5. The number of nitrogens with zero attached hydrogens (tertiary/aromatic N) is 4. The molecule has 0 amide bonds. The molecule has 20 heavy (non-hydrogen) atoms. The molecule has 0 aliphatic heterocycles. The van der Waals surface area contributed by atoms with Crippen molar-refractivity contribution in [3.8, 4) is 5.82 Å². The van der Waals surface area contributed by atoms with Gasteiger partial charge in [0.1, 0.15) is 0 Å². The lowest BCUT2D eigenvalue weighted by molar-refractivity contribution is 0.789. The second-order valence-corrected chi connectivity index (χ2v) is 4.97. The van der Waals surface area contributed by atoms with Crippen LogP contribution in [0.25, 0.3) is 27.6 Å². The van der Waals surface area contributed by atoms with Crippen LogP contribution in [0.4, 0.5) is 0 Å². The van der Waals surface area contributed by atoms with E-state index in [1.807, 2.05) is 36.7 Å². The van der Waals surface area contributed by atoms with Gasteiger partial charge in [-0.25, -0.2) is 4.68 Å².